The maximum absolute atomic E-state index is 12.1. The molecule has 6 N–H and O–H groups in total. The van der Waals surface area contributed by atoms with Crippen LogP contribution in [-0.4, -0.2) is 101 Å². The number of esters is 1. The number of ether oxygens (including phenoxy) is 3. The number of methoxy groups -OCH3 is 1. The molecule has 246 valence electrons. The van der Waals surface area contributed by atoms with Crippen LogP contribution in [0.15, 0.2) is 0 Å². The lowest BCUT2D eigenvalue weighted by Crippen LogP contribution is -2.58. The van der Waals surface area contributed by atoms with Crippen LogP contribution in [0.3, 0.4) is 0 Å². The monoisotopic (exact) mass is 604 g/mol. The highest BCUT2D eigenvalue weighted by Gasteiger charge is 2.42. The van der Waals surface area contributed by atoms with E-state index in [0.29, 0.717) is 38.6 Å². The molecule has 6 atom stereocenters. The van der Waals surface area contributed by atoms with Gasteiger partial charge in [0.05, 0.1) is 19.8 Å². The van der Waals surface area contributed by atoms with E-state index in [0.717, 1.165) is 57.8 Å². The van der Waals surface area contributed by atoms with E-state index in [1.807, 2.05) is 0 Å². The molecule has 0 aromatic heterocycles. The molecular weight excluding hydrogens is 548 g/mol. The molecule has 42 heavy (non-hydrogen) atoms. The SMILES string of the molecule is COC(=O)[C@H](CCCCNC(=O)CCCCCCCCCCC[C@H]1O[C@H](CO)[C@@H](O)[C@H](O)[C@H]1O)NC(=O)OC(C)(C)C. The lowest BCUT2D eigenvalue weighted by Gasteiger charge is -2.40. The summed E-state index contributed by atoms with van der Waals surface area (Å²) in [5, 5.41) is 44.5. The molecule has 0 bridgehead atoms. The van der Waals surface area contributed by atoms with Crippen molar-refractivity contribution in [2.24, 2.45) is 0 Å². The average Bonchev–Trinajstić information content (AvgIpc) is 2.93. The molecule has 0 aromatic carbocycles. The van der Waals surface area contributed by atoms with E-state index in [1.165, 1.54) is 7.11 Å². The molecule has 12 heteroatoms. The minimum Gasteiger partial charge on any atom is -0.467 e. The van der Waals surface area contributed by atoms with Crippen LogP contribution in [0.2, 0.25) is 0 Å². The Morgan fingerprint density at radius 3 is 1.95 bits per heavy atom. The van der Waals surface area contributed by atoms with E-state index in [-0.39, 0.29) is 5.91 Å². The topological polar surface area (TPSA) is 184 Å². The Morgan fingerprint density at radius 1 is 0.810 bits per heavy atom. The second-order valence-corrected chi connectivity index (χ2v) is 12.2. The van der Waals surface area contributed by atoms with Crippen molar-refractivity contribution in [2.75, 3.05) is 20.3 Å². The number of aliphatic hydroxyl groups excluding tert-OH is 4. The fourth-order valence-corrected chi connectivity index (χ4v) is 4.92. The number of nitrogens with one attached hydrogen (secondary N) is 2. The van der Waals surface area contributed by atoms with Crippen LogP contribution in [0.5, 0.6) is 0 Å². The molecule has 0 saturated carbocycles. The summed E-state index contributed by atoms with van der Waals surface area (Å²) in [6, 6.07) is -0.794. The first-order valence-corrected chi connectivity index (χ1v) is 15.5. The molecule has 0 aliphatic carbocycles. The van der Waals surface area contributed by atoms with Crippen molar-refractivity contribution in [1.82, 2.24) is 10.6 Å². The molecule has 12 nitrogen and oxygen atoms in total. The first-order chi connectivity index (χ1) is 19.9. The summed E-state index contributed by atoms with van der Waals surface area (Å²) in [5.74, 6) is -0.512. The van der Waals surface area contributed by atoms with Gasteiger partial charge in [-0.2, -0.15) is 0 Å². The highest BCUT2D eigenvalue weighted by atomic mass is 16.6. The molecular formula is C30H56N2O10. The van der Waals surface area contributed by atoms with Crippen molar-refractivity contribution in [3.63, 3.8) is 0 Å². The third kappa shape index (κ3) is 16.0. The van der Waals surface area contributed by atoms with Crippen molar-refractivity contribution in [3.8, 4) is 0 Å². The summed E-state index contributed by atoms with van der Waals surface area (Å²) in [4.78, 5) is 36.0. The molecule has 1 fully saturated rings. The van der Waals surface area contributed by atoms with Gasteiger partial charge >= 0.3 is 12.1 Å². The standard InChI is InChI=1S/C30H56N2O10/c1-30(2,3)42-29(39)32-21(28(38)40-4)16-14-15-19-31-24(34)18-13-11-9-7-5-6-8-10-12-17-22-25(35)27(37)26(36)23(20-33)41-22/h21-23,25-27,33,35-37H,5-20H2,1-4H3,(H,31,34)(H,32,39)/t21-,22+,23+,25-,26+,27+/m0/s1. The smallest absolute Gasteiger partial charge is 0.408 e. The van der Waals surface area contributed by atoms with Crippen LogP contribution in [0, 0.1) is 0 Å². The van der Waals surface area contributed by atoms with E-state index in [9.17, 15) is 34.8 Å². The molecule has 0 aromatic rings. The number of carbonyl (C=O) groups is 3. The van der Waals surface area contributed by atoms with Gasteiger partial charge < -0.3 is 45.3 Å². The first-order valence-electron chi connectivity index (χ1n) is 15.5. The summed E-state index contributed by atoms with van der Waals surface area (Å²) < 4.78 is 15.5. The fourth-order valence-electron chi connectivity index (χ4n) is 4.92. The molecule has 1 rings (SSSR count). The average molecular weight is 605 g/mol. The van der Waals surface area contributed by atoms with Crippen LogP contribution in [0.4, 0.5) is 4.79 Å². The minimum absolute atomic E-state index is 0.0193. The zero-order chi connectivity index (χ0) is 31.5. The summed E-state index contributed by atoms with van der Waals surface area (Å²) in [7, 11) is 1.27. The normalized spacial score (nSPS) is 23.2. The van der Waals surface area contributed by atoms with Crippen molar-refractivity contribution < 1.29 is 49.0 Å². The molecule has 1 aliphatic rings. The van der Waals surface area contributed by atoms with Crippen LogP contribution >= 0.6 is 0 Å². The number of unbranched alkanes of at least 4 members (excludes halogenated alkanes) is 9. The Hall–Kier alpha value is -1.99. The molecule has 2 amide bonds. The van der Waals surface area contributed by atoms with Gasteiger partial charge in [0, 0.05) is 13.0 Å². The maximum Gasteiger partial charge on any atom is 0.408 e. The molecule has 1 heterocycles. The zero-order valence-corrected chi connectivity index (χ0v) is 26.0. The second kappa shape index (κ2) is 20.8. The van der Waals surface area contributed by atoms with Crippen LogP contribution < -0.4 is 10.6 Å². The Kier molecular flexibility index (Phi) is 18.9. The van der Waals surface area contributed by atoms with Gasteiger partial charge in [0.15, 0.2) is 0 Å². The number of aliphatic hydroxyl groups is 4. The number of hydrogen-bond donors (Lipinski definition) is 6. The molecule has 0 radical (unpaired) electrons. The van der Waals surface area contributed by atoms with Crippen molar-refractivity contribution >= 4 is 18.0 Å². The number of amides is 2. The highest BCUT2D eigenvalue weighted by Crippen LogP contribution is 2.25. The van der Waals surface area contributed by atoms with Gasteiger partial charge in [0.25, 0.3) is 0 Å². The Bertz CT molecular complexity index is 774. The van der Waals surface area contributed by atoms with Crippen molar-refractivity contribution in [2.45, 2.75) is 153 Å². The number of carbonyl (C=O) groups excluding carboxylic acids is 3. The number of alkyl carbamates (subject to hydrolysis) is 1. The lowest BCUT2D eigenvalue weighted by molar-refractivity contribution is -0.230. The van der Waals surface area contributed by atoms with Gasteiger partial charge in [-0.1, -0.05) is 51.4 Å². The zero-order valence-electron chi connectivity index (χ0n) is 26.0. The van der Waals surface area contributed by atoms with E-state index in [2.05, 4.69) is 10.6 Å². The van der Waals surface area contributed by atoms with Gasteiger partial charge in [-0.05, 0) is 52.9 Å². The quantitative estimate of drug-likeness (QED) is 0.0891. The van der Waals surface area contributed by atoms with Crippen molar-refractivity contribution in [3.05, 3.63) is 0 Å². The Morgan fingerprint density at radius 2 is 1.38 bits per heavy atom. The third-order valence-electron chi connectivity index (χ3n) is 7.30. The summed E-state index contributed by atoms with van der Waals surface area (Å²) in [6.45, 7) is 5.34. The van der Waals surface area contributed by atoms with E-state index in [1.54, 1.807) is 20.8 Å². The van der Waals surface area contributed by atoms with E-state index in [4.69, 9.17) is 14.2 Å². The first kappa shape index (κ1) is 38.0. The van der Waals surface area contributed by atoms with Gasteiger partial charge in [0.1, 0.15) is 36.1 Å². The Labute approximate surface area is 250 Å². The predicted molar refractivity (Wildman–Crippen MR) is 157 cm³/mol. The molecule has 0 spiro atoms. The Balaban J connectivity index is 2.02. The fraction of sp³-hybridized carbons (Fsp3) is 0.900. The molecule has 1 aliphatic heterocycles. The number of rotatable bonds is 20. The highest BCUT2D eigenvalue weighted by molar-refractivity contribution is 5.81. The van der Waals surface area contributed by atoms with Crippen LogP contribution in [0.25, 0.3) is 0 Å². The lowest BCUT2D eigenvalue weighted by atomic mass is 9.92. The second-order valence-electron chi connectivity index (χ2n) is 12.2. The van der Waals surface area contributed by atoms with Gasteiger partial charge in [-0.3, -0.25) is 4.79 Å². The van der Waals surface area contributed by atoms with Crippen LogP contribution in [-0.2, 0) is 23.8 Å². The van der Waals surface area contributed by atoms with Crippen LogP contribution in [0.1, 0.15) is 111 Å². The predicted octanol–water partition coefficient (Wildman–Crippen LogP) is 2.47. The van der Waals surface area contributed by atoms with Gasteiger partial charge in [-0.15, -0.1) is 0 Å². The number of hydrogen-bond acceptors (Lipinski definition) is 10. The minimum atomic E-state index is -1.30. The van der Waals surface area contributed by atoms with E-state index < -0.39 is 60.8 Å². The molecule has 0 unspecified atom stereocenters. The summed E-state index contributed by atoms with van der Waals surface area (Å²) in [5.41, 5.74) is -0.667. The largest absolute Gasteiger partial charge is 0.467 e. The van der Waals surface area contributed by atoms with Gasteiger partial charge in [-0.25, -0.2) is 9.59 Å². The van der Waals surface area contributed by atoms with E-state index >= 15 is 0 Å². The van der Waals surface area contributed by atoms with Crippen molar-refractivity contribution in [1.29, 1.82) is 0 Å². The molecule has 1 saturated heterocycles. The maximum atomic E-state index is 12.1. The summed E-state index contributed by atoms with van der Waals surface area (Å²) in [6.07, 6.45) is 6.08. The van der Waals surface area contributed by atoms with Gasteiger partial charge in [0.2, 0.25) is 5.91 Å². The summed E-state index contributed by atoms with van der Waals surface area (Å²) >= 11 is 0. The third-order valence-corrected chi connectivity index (χ3v) is 7.30.